The third-order valence-electron chi connectivity index (χ3n) is 2.60. The zero-order valence-electron chi connectivity index (χ0n) is 11.4. The van der Waals surface area contributed by atoms with Crippen LogP contribution in [0.15, 0.2) is 33.2 Å². The quantitative estimate of drug-likeness (QED) is 0.752. The molecule has 106 valence electrons. The van der Waals surface area contributed by atoms with E-state index in [0.29, 0.717) is 5.95 Å². The number of rotatable bonds is 5. The summed E-state index contributed by atoms with van der Waals surface area (Å²) in [6.07, 6.45) is 1.04. The van der Waals surface area contributed by atoms with E-state index in [2.05, 4.69) is 59.4 Å². The van der Waals surface area contributed by atoms with E-state index >= 15 is 0 Å². The first-order valence-electron chi connectivity index (χ1n) is 6.40. The van der Waals surface area contributed by atoms with Crippen LogP contribution in [0.3, 0.4) is 0 Å². The molecule has 0 saturated carbocycles. The third-order valence-corrected chi connectivity index (χ3v) is 3.92. The van der Waals surface area contributed by atoms with Crippen LogP contribution in [0.1, 0.15) is 19.0 Å². The van der Waals surface area contributed by atoms with E-state index < -0.39 is 0 Å². The van der Waals surface area contributed by atoms with Crippen LogP contribution in [-0.2, 0) is 0 Å². The summed E-state index contributed by atoms with van der Waals surface area (Å²) in [5.74, 6) is 1.42. The lowest BCUT2D eigenvalue weighted by Crippen LogP contribution is -2.07. The number of hydrogen-bond donors (Lipinski definition) is 2. The highest BCUT2D eigenvalue weighted by atomic mass is 79.9. The van der Waals surface area contributed by atoms with E-state index in [1.807, 2.05) is 31.2 Å². The van der Waals surface area contributed by atoms with Crippen LogP contribution in [0, 0.1) is 6.92 Å². The fourth-order valence-corrected chi connectivity index (χ4v) is 2.89. The van der Waals surface area contributed by atoms with Gasteiger partial charge >= 0.3 is 0 Å². The first kappa shape index (κ1) is 15.3. The van der Waals surface area contributed by atoms with Crippen molar-refractivity contribution >= 4 is 49.3 Å². The van der Waals surface area contributed by atoms with E-state index in [-0.39, 0.29) is 0 Å². The van der Waals surface area contributed by atoms with Gasteiger partial charge in [0.15, 0.2) is 0 Å². The summed E-state index contributed by atoms with van der Waals surface area (Å²) in [6, 6.07) is 7.86. The Hall–Kier alpha value is -1.14. The van der Waals surface area contributed by atoms with Crippen molar-refractivity contribution < 1.29 is 0 Å². The molecule has 0 unspecified atom stereocenters. The van der Waals surface area contributed by atoms with Gasteiger partial charge in [-0.25, -0.2) is 4.98 Å². The van der Waals surface area contributed by atoms with Gasteiger partial charge in [-0.05, 0) is 57.3 Å². The average molecular weight is 400 g/mol. The molecule has 2 rings (SSSR count). The van der Waals surface area contributed by atoms with Crippen LogP contribution >= 0.6 is 31.9 Å². The molecule has 0 aliphatic carbocycles. The number of para-hydroxylation sites is 1. The standard InChI is InChI=1S/C14H16Br2N4/c1-3-7-17-14-18-9(2)8-12(20-14)19-13-10(15)5-4-6-11(13)16/h4-6,8H,3,7H2,1-2H3,(H2,17,18,19,20). The number of nitrogens with zero attached hydrogens (tertiary/aromatic N) is 2. The summed E-state index contributed by atoms with van der Waals surface area (Å²) in [6.45, 7) is 4.93. The second-order valence-electron chi connectivity index (χ2n) is 4.37. The second kappa shape index (κ2) is 7.04. The number of hydrogen-bond acceptors (Lipinski definition) is 4. The molecule has 4 nitrogen and oxygen atoms in total. The zero-order chi connectivity index (χ0) is 14.5. The first-order valence-corrected chi connectivity index (χ1v) is 7.99. The van der Waals surface area contributed by atoms with E-state index in [0.717, 1.165) is 39.1 Å². The van der Waals surface area contributed by atoms with Crippen molar-refractivity contribution in [1.82, 2.24) is 9.97 Å². The lowest BCUT2D eigenvalue weighted by atomic mass is 10.3. The van der Waals surface area contributed by atoms with Crippen molar-refractivity contribution in [2.75, 3.05) is 17.2 Å². The molecule has 0 saturated heterocycles. The van der Waals surface area contributed by atoms with Crippen LogP contribution in [0.5, 0.6) is 0 Å². The minimum Gasteiger partial charge on any atom is -0.354 e. The molecule has 2 N–H and O–H groups in total. The van der Waals surface area contributed by atoms with Crippen molar-refractivity contribution in [3.05, 3.63) is 38.9 Å². The Bertz CT molecular complexity index is 581. The van der Waals surface area contributed by atoms with Crippen LogP contribution in [0.2, 0.25) is 0 Å². The highest BCUT2D eigenvalue weighted by molar-refractivity contribution is 9.11. The van der Waals surface area contributed by atoms with E-state index in [1.54, 1.807) is 0 Å². The van der Waals surface area contributed by atoms with Gasteiger partial charge in [-0.1, -0.05) is 13.0 Å². The van der Waals surface area contributed by atoms with Gasteiger partial charge in [0, 0.05) is 27.3 Å². The average Bonchev–Trinajstić information content (AvgIpc) is 2.40. The summed E-state index contributed by atoms with van der Waals surface area (Å²) in [4.78, 5) is 8.85. The van der Waals surface area contributed by atoms with E-state index in [1.165, 1.54) is 0 Å². The highest BCUT2D eigenvalue weighted by Gasteiger charge is 2.07. The molecular formula is C14H16Br2N4. The van der Waals surface area contributed by atoms with Gasteiger partial charge in [-0.3, -0.25) is 0 Å². The normalized spacial score (nSPS) is 10.4. The Morgan fingerprint density at radius 1 is 1.15 bits per heavy atom. The molecule has 20 heavy (non-hydrogen) atoms. The van der Waals surface area contributed by atoms with Crippen molar-refractivity contribution in [3.63, 3.8) is 0 Å². The van der Waals surface area contributed by atoms with Crippen LogP contribution in [-0.4, -0.2) is 16.5 Å². The van der Waals surface area contributed by atoms with Gasteiger partial charge in [-0.15, -0.1) is 0 Å². The van der Waals surface area contributed by atoms with Gasteiger partial charge in [0.05, 0.1) is 5.69 Å². The maximum atomic E-state index is 4.47. The number of nitrogens with one attached hydrogen (secondary N) is 2. The van der Waals surface area contributed by atoms with Gasteiger partial charge < -0.3 is 10.6 Å². The monoisotopic (exact) mass is 398 g/mol. The summed E-state index contributed by atoms with van der Waals surface area (Å²) in [7, 11) is 0. The molecule has 0 bridgehead atoms. The zero-order valence-corrected chi connectivity index (χ0v) is 14.5. The van der Waals surface area contributed by atoms with E-state index in [4.69, 9.17) is 0 Å². The first-order chi connectivity index (χ1) is 9.60. The van der Waals surface area contributed by atoms with Gasteiger partial charge in [0.25, 0.3) is 0 Å². The second-order valence-corrected chi connectivity index (χ2v) is 6.08. The van der Waals surface area contributed by atoms with Gasteiger partial charge in [0.2, 0.25) is 5.95 Å². The van der Waals surface area contributed by atoms with Crippen LogP contribution < -0.4 is 10.6 Å². The Labute approximate surface area is 135 Å². The molecule has 0 aliphatic heterocycles. The molecule has 2 aromatic rings. The molecular weight excluding hydrogens is 384 g/mol. The topological polar surface area (TPSA) is 49.8 Å². The maximum absolute atomic E-state index is 4.47. The molecule has 1 aromatic carbocycles. The predicted molar refractivity (Wildman–Crippen MR) is 90.7 cm³/mol. The highest BCUT2D eigenvalue weighted by Crippen LogP contribution is 2.32. The van der Waals surface area contributed by atoms with E-state index in [9.17, 15) is 0 Å². The van der Waals surface area contributed by atoms with Crippen LogP contribution in [0.4, 0.5) is 17.5 Å². The number of aryl methyl sites for hydroxylation is 1. The Balaban J connectivity index is 2.27. The summed E-state index contributed by atoms with van der Waals surface area (Å²) in [5.41, 5.74) is 1.87. The largest absolute Gasteiger partial charge is 0.354 e. The minimum atomic E-state index is 0.650. The molecule has 1 heterocycles. The number of aromatic nitrogens is 2. The summed E-state index contributed by atoms with van der Waals surface area (Å²) in [5, 5.41) is 6.52. The number of benzene rings is 1. The molecule has 0 fully saturated rings. The number of anilines is 3. The minimum absolute atomic E-state index is 0.650. The SMILES string of the molecule is CCCNc1nc(C)cc(Nc2c(Br)cccc2Br)n1. The molecule has 6 heteroatoms. The van der Waals surface area contributed by atoms with Crippen molar-refractivity contribution in [2.45, 2.75) is 20.3 Å². The summed E-state index contributed by atoms with van der Waals surface area (Å²) >= 11 is 7.06. The maximum Gasteiger partial charge on any atom is 0.224 e. The Morgan fingerprint density at radius 2 is 1.85 bits per heavy atom. The predicted octanol–water partition coefficient (Wildman–Crippen LogP) is 4.88. The van der Waals surface area contributed by atoms with Gasteiger partial charge in [-0.2, -0.15) is 4.98 Å². The van der Waals surface area contributed by atoms with Crippen molar-refractivity contribution in [1.29, 1.82) is 0 Å². The lowest BCUT2D eigenvalue weighted by molar-refractivity contribution is 0.947. The van der Waals surface area contributed by atoms with Gasteiger partial charge in [0.1, 0.15) is 5.82 Å². The fourth-order valence-electron chi connectivity index (χ4n) is 1.69. The third kappa shape index (κ3) is 3.93. The van der Waals surface area contributed by atoms with Crippen LogP contribution in [0.25, 0.3) is 0 Å². The molecule has 1 aromatic heterocycles. The molecule has 0 atom stereocenters. The number of halogens is 2. The molecule has 0 aliphatic rings. The molecule has 0 amide bonds. The smallest absolute Gasteiger partial charge is 0.224 e. The fraction of sp³-hybridized carbons (Fsp3) is 0.286. The Kier molecular flexibility index (Phi) is 5.37. The lowest BCUT2D eigenvalue weighted by Gasteiger charge is -2.12. The molecule has 0 spiro atoms. The van der Waals surface area contributed by atoms with Crippen molar-refractivity contribution in [3.8, 4) is 0 Å². The summed E-state index contributed by atoms with van der Waals surface area (Å²) < 4.78 is 1.96. The molecule has 0 radical (unpaired) electrons. The van der Waals surface area contributed by atoms with Crippen molar-refractivity contribution in [2.24, 2.45) is 0 Å². The Morgan fingerprint density at radius 3 is 2.50 bits per heavy atom.